The molecule has 4 unspecified atom stereocenters. The third-order valence-electron chi connectivity index (χ3n) is 4.26. The van der Waals surface area contributed by atoms with Gasteiger partial charge in [-0.2, -0.15) is 0 Å². The van der Waals surface area contributed by atoms with Crippen molar-refractivity contribution in [3.05, 3.63) is 0 Å². The van der Waals surface area contributed by atoms with Gasteiger partial charge in [0, 0.05) is 18.0 Å². The van der Waals surface area contributed by atoms with Gasteiger partial charge in [0.2, 0.25) is 5.91 Å². The first-order chi connectivity index (χ1) is 8.54. The van der Waals surface area contributed by atoms with Crippen molar-refractivity contribution in [2.45, 2.75) is 77.8 Å². The van der Waals surface area contributed by atoms with Gasteiger partial charge < -0.3 is 11.1 Å². The summed E-state index contributed by atoms with van der Waals surface area (Å²) in [7, 11) is 0. The summed E-state index contributed by atoms with van der Waals surface area (Å²) in [5, 5.41) is 3.15. The Kier molecular flexibility index (Phi) is 6.69. The Hall–Kier alpha value is -0.570. The maximum absolute atomic E-state index is 12.2. The lowest BCUT2D eigenvalue weighted by molar-refractivity contribution is -0.127. The molecule has 1 saturated carbocycles. The van der Waals surface area contributed by atoms with Crippen LogP contribution in [0.5, 0.6) is 0 Å². The van der Waals surface area contributed by atoms with Gasteiger partial charge in [0.05, 0.1) is 0 Å². The molecule has 4 atom stereocenters. The zero-order chi connectivity index (χ0) is 13.5. The van der Waals surface area contributed by atoms with E-state index < -0.39 is 0 Å². The van der Waals surface area contributed by atoms with E-state index in [1.807, 2.05) is 0 Å². The summed E-state index contributed by atoms with van der Waals surface area (Å²) < 4.78 is 0. The number of nitrogens with one attached hydrogen (secondary N) is 1. The summed E-state index contributed by atoms with van der Waals surface area (Å²) in [5.41, 5.74) is 6.00. The molecule has 106 valence electrons. The van der Waals surface area contributed by atoms with Crippen molar-refractivity contribution in [1.29, 1.82) is 0 Å². The Morgan fingerprint density at radius 2 is 2.11 bits per heavy atom. The molecule has 18 heavy (non-hydrogen) atoms. The molecular formula is C15H30N2O. The fourth-order valence-corrected chi connectivity index (χ4v) is 2.89. The average Bonchev–Trinajstić information content (AvgIpc) is 2.35. The highest BCUT2D eigenvalue weighted by molar-refractivity contribution is 5.78. The molecule has 1 aliphatic rings. The van der Waals surface area contributed by atoms with Crippen LogP contribution in [0, 0.1) is 11.8 Å². The Morgan fingerprint density at radius 3 is 2.72 bits per heavy atom. The third kappa shape index (κ3) is 4.97. The van der Waals surface area contributed by atoms with Crippen molar-refractivity contribution in [1.82, 2.24) is 5.32 Å². The first kappa shape index (κ1) is 15.5. The molecule has 3 N–H and O–H groups in total. The van der Waals surface area contributed by atoms with Crippen LogP contribution in [0.25, 0.3) is 0 Å². The monoisotopic (exact) mass is 254 g/mol. The van der Waals surface area contributed by atoms with E-state index in [9.17, 15) is 4.79 Å². The molecule has 0 heterocycles. The number of hydrogen-bond acceptors (Lipinski definition) is 2. The number of nitrogens with two attached hydrogens (primary N) is 1. The van der Waals surface area contributed by atoms with E-state index in [2.05, 4.69) is 26.1 Å². The largest absolute Gasteiger partial charge is 0.353 e. The SMILES string of the molecule is CCCCC(C)NC(=O)C(C)C1CCCC(N)C1. The van der Waals surface area contributed by atoms with Crippen LogP contribution in [-0.2, 0) is 4.79 Å². The van der Waals surface area contributed by atoms with E-state index in [0.717, 1.165) is 25.7 Å². The molecule has 0 spiro atoms. The molecule has 0 saturated heterocycles. The summed E-state index contributed by atoms with van der Waals surface area (Å²) in [6.07, 6.45) is 7.92. The van der Waals surface area contributed by atoms with E-state index >= 15 is 0 Å². The van der Waals surface area contributed by atoms with Crippen LogP contribution in [0.4, 0.5) is 0 Å². The van der Waals surface area contributed by atoms with Crippen LogP contribution in [-0.4, -0.2) is 18.0 Å². The number of carbonyl (C=O) groups excluding carboxylic acids is 1. The summed E-state index contributed by atoms with van der Waals surface area (Å²) in [5.74, 6) is 0.810. The highest BCUT2D eigenvalue weighted by Gasteiger charge is 2.28. The van der Waals surface area contributed by atoms with Gasteiger partial charge in [0.1, 0.15) is 0 Å². The van der Waals surface area contributed by atoms with E-state index in [1.54, 1.807) is 0 Å². The van der Waals surface area contributed by atoms with Gasteiger partial charge in [-0.25, -0.2) is 0 Å². The summed E-state index contributed by atoms with van der Waals surface area (Å²) >= 11 is 0. The molecule has 1 fully saturated rings. The number of amides is 1. The summed E-state index contributed by atoms with van der Waals surface area (Å²) in [6.45, 7) is 6.35. The van der Waals surface area contributed by atoms with Gasteiger partial charge >= 0.3 is 0 Å². The van der Waals surface area contributed by atoms with Crippen molar-refractivity contribution in [3.8, 4) is 0 Å². The molecule has 0 aromatic heterocycles. The first-order valence-corrected chi connectivity index (χ1v) is 7.60. The van der Waals surface area contributed by atoms with Crippen LogP contribution in [0.2, 0.25) is 0 Å². The minimum Gasteiger partial charge on any atom is -0.353 e. The van der Waals surface area contributed by atoms with Crippen LogP contribution >= 0.6 is 0 Å². The van der Waals surface area contributed by atoms with Crippen molar-refractivity contribution < 1.29 is 4.79 Å². The fourth-order valence-electron chi connectivity index (χ4n) is 2.89. The molecule has 0 radical (unpaired) electrons. The maximum atomic E-state index is 12.2. The van der Waals surface area contributed by atoms with Crippen molar-refractivity contribution >= 4 is 5.91 Å². The van der Waals surface area contributed by atoms with Gasteiger partial charge in [0.25, 0.3) is 0 Å². The lowest BCUT2D eigenvalue weighted by atomic mass is 9.78. The van der Waals surface area contributed by atoms with E-state index in [4.69, 9.17) is 5.73 Å². The number of rotatable bonds is 6. The lowest BCUT2D eigenvalue weighted by Gasteiger charge is -2.31. The number of carbonyl (C=O) groups is 1. The highest BCUT2D eigenvalue weighted by Crippen LogP contribution is 2.29. The van der Waals surface area contributed by atoms with Crippen LogP contribution < -0.4 is 11.1 Å². The molecule has 1 amide bonds. The molecule has 0 aliphatic heterocycles. The standard InChI is InChI=1S/C15H30N2O/c1-4-5-7-11(2)17-15(18)12(3)13-8-6-9-14(16)10-13/h11-14H,4-10,16H2,1-3H3,(H,17,18). The van der Waals surface area contributed by atoms with Gasteiger partial charge in [-0.15, -0.1) is 0 Å². The molecular weight excluding hydrogens is 224 g/mol. The molecule has 1 rings (SSSR count). The van der Waals surface area contributed by atoms with Crippen LogP contribution in [0.3, 0.4) is 0 Å². The molecule has 3 nitrogen and oxygen atoms in total. The number of hydrogen-bond donors (Lipinski definition) is 2. The average molecular weight is 254 g/mol. The second kappa shape index (κ2) is 7.78. The zero-order valence-corrected chi connectivity index (χ0v) is 12.2. The number of unbranched alkanes of at least 4 members (excludes halogenated alkanes) is 1. The van der Waals surface area contributed by atoms with E-state index in [0.29, 0.717) is 18.0 Å². The quantitative estimate of drug-likeness (QED) is 0.766. The normalized spacial score (nSPS) is 27.6. The van der Waals surface area contributed by atoms with Gasteiger partial charge in [0.15, 0.2) is 0 Å². The smallest absolute Gasteiger partial charge is 0.223 e. The van der Waals surface area contributed by atoms with Crippen molar-refractivity contribution in [3.63, 3.8) is 0 Å². The second-order valence-electron chi connectivity index (χ2n) is 6.03. The minimum absolute atomic E-state index is 0.112. The molecule has 3 heteroatoms. The summed E-state index contributed by atoms with van der Waals surface area (Å²) in [6, 6.07) is 0.605. The predicted octanol–water partition coefficient (Wildman–Crippen LogP) is 2.83. The maximum Gasteiger partial charge on any atom is 0.223 e. The van der Waals surface area contributed by atoms with Crippen LogP contribution in [0.1, 0.15) is 65.7 Å². The van der Waals surface area contributed by atoms with E-state index in [1.165, 1.54) is 19.3 Å². The third-order valence-corrected chi connectivity index (χ3v) is 4.26. The first-order valence-electron chi connectivity index (χ1n) is 7.60. The second-order valence-corrected chi connectivity index (χ2v) is 6.03. The molecule has 0 aromatic carbocycles. The van der Waals surface area contributed by atoms with Gasteiger partial charge in [-0.05, 0) is 38.5 Å². The van der Waals surface area contributed by atoms with E-state index in [-0.39, 0.29) is 11.8 Å². The Balaban J connectivity index is 2.35. The van der Waals surface area contributed by atoms with Crippen LogP contribution in [0.15, 0.2) is 0 Å². The highest BCUT2D eigenvalue weighted by atomic mass is 16.1. The topological polar surface area (TPSA) is 55.1 Å². The Morgan fingerprint density at radius 1 is 1.39 bits per heavy atom. The predicted molar refractivity (Wildman–Crippen MR) is 76.2 cm³/mol. The van der Waals surface area contributed by atoms with Crippen molar-refractivity contribution in [2.24, 2.45) is 17.6 Å². The molecule has 1 aliphatic carbocycles. The zero-order valence-electron chi connectivity index (χ0n) is 12.2. The Bertz CT molecular complexity index is 255. The minimum atomic E-state index is 0.112. The van der Waals surface area contributed by atoms with Gasteiger partial charge in [-0.1, -0.05) is 33.1 Å². The van der Waals surface area contributed by atoms with Gasteiger partial charge in [-0.3, -0.25) is 4.79 Å². The lowest BCUT2D eigenvalue weighted by Crippen LogP contribution is -2.41. The fraction of sp³-hybridized carbons (Fsp3) is 0.933. The molecule has 0 aromatic rings. The van der Waals surface area contributed by atoms with Crippen molar-refractivity contribution in [2.75, 3.05) is 0 Å². The Labute approximate surface area is 112 Å². The summed E-state index contributed by atoms with van der Waals surface area (Å²) in [4.78, 5) is 12.2. The molecule has 0 bridgehead atoms.